The van der Waals surface area contributed by atoms with Gasteiger partial charge in [0.1, 0.15) is 0 Å². The average Bonchev–Trinajstić information content (AvgIpc) is 2.70. The molecule has 0 fully saturated rings. The molecule has 0 aliphatic carbocycles. The highest BCUT2D eigenvalue weighted by Gasteiger charge is 2.34. The maximum absolute atomic E-state index is 12.1. The summed E-state index contributed by atoms with van der Waals surface area (Å²) in [6, 6.07) is 0. The summed E-state index contributed by atoms with van der Waals surface area (Å²) in [7, 11) is 0. The number of hydrogen-bond donors (Lipinski definition) is 0. The molecule has 0 radical (unpaired) electrons. The molecular formula is C15H20O6S. The molecule has 7 heteroatoms. The van der Waals surface area contributed by atoms with Crippen LogP contribution in [0.25, 0.3) is 0 Å². The zero-order valence-corrected chi connectivity index (χ0v) is 14.0. The molecule has 0 amide bonds. The van der Waals surface area contributed by atoms with Crippen molar-refractivity contribution in [3.05, 3.63) is 9.75 Å². The monoisotopic (exact) mass is 328 g/mol. The minimum absolute atomic E-state index is 0.130. The predicted octanol–water partition coefficient (Wildman–Crippen LogP) is 3.04. The highest BCUT2D eigenvalue weighted by Crippen LogP contribution is 2.46. The summed E-state index contributed by atoms with van der Waals surface area (Å²) in [5.41, 5.74) is 0. The van der Waals surface area contributed by atoms with E-state index in [2.05, 4.69) is 0 Å². The van der Waals surface area contributed by atoms with E-state index in [1.165, 1.54) is 0 Å². The third-order valence-electron chi connectivity index (χ3n) is 3.05. The summed E-state index contributed by atoms with van der Waals surface area (Å²) in [4.78, 5) is 24.7. The van der Waals surface area contributed by atoms with Gasteiger partial charge in [-0.2, -0.15) is 0 Å². The molecule has 1 aromatic rings. The van der Waals surface area contributed by atoms with Gasteiger partial charge in [0.2, 0.25) is 0 Å². The lowest BCUT2D eigenvalue weighted by atomic mass is 10.2. The number of carbonyl (C=O) groups excluding carboxylic acids is 2. The van der Waals surface area contributed by atoms with Crippen molar-refractivity contribution in [2.75, 3.05) is 13.2 Å². The first-order valence-electron chi connectivity index (χ1n) is 7.32. The fourth-order valence-corrected chi connectivity index (χ4v) is 3.20. The lowest BCUT2D eigenvalue weighted by Crippen LogP contribution is -2.19. The lowest BCUT2D eigenvalue weighted by Gasteiger charge is -2.13. The number of hydrogen-bond acceptors (Lipinski definition) is 7. The minimum atomic E-state index is -0.523. The Morgan fingerprint density at radius 1 is 1.00 bits per heavy atom. The first kappa shape index (κ1) is 16.6. The number of thiophene rings is 1. The van der Waals surface area contributed by atoms with E-state index >= 15 is 0 Å². The minimum Gasteiger partial charge on any atom is -0.485 e. The third kappa shape index (κ3) is 3.35. The zero-order valence-electron chi connectivity index (χ0n) is 13.1. The predicted molar refractivity (Wildman–Crippen MR) is 81.0 cm³/mol. The quantitative estimate of drug-likeness (QED) is 0.791. The van der Waals surface area contributed by atoms with E-state index in [4.69, 9.17) is 18.9 Å². The van der Waals surface area contributed by atoms with Crippen molar-refractivity contribution in [3.63, 3.8) is 0 Å². The van der Waals surface area contributed by atoms with Crippen LogP contribution in [0.4, 0.5) is 0 Å². The molecule has 0 N–H and O–H groups in total. The van der Waals surface area contributed by atoms with Gasteiger partial charge >= 0.3 is 11.9 Å². The second-order valence-corrected chi connectivity index (χ2v) is 5.97. The Morgan fingerprint density at radius 3 is 1.77 bits per heavy atom. The molecule has 2 atom stereocenters. The number of ether oxygens (including phenoxy) is 4. The Bertz CT molecular complexity index is 518. The number of fused-ring (bicyclic) bond motifs is 1. The molecule has 2 rings (SSSR count). The lowest BCUT2D eigenvalue weighted by molar-refractivity contribution is 0.0517. The van der Waals surface area contributed by atoms with Crippen molar-refractivity contribution in [1.29, 1.82) is 0 Å². The molecule has 1 aliphatic heterocycles. The Morgan fingerprint density at radius 2 is 1.41 bits per heavy atom. The van der Waals surface area contributed by atoms with Crippen molar-refractivity contribution in [2.45, 2.75) is 46.3 Å². The Kier molecular flexibility index (Phi) is 5.28. The molecule has 0 saturated carbocycles. The van der Waals surface area contributed by atoms with Crippen molar-refractivity contribution >= 4 is 23.3 Å². The Labute approximate surface area is 133 Å². The Balaban J connectivity index is 2.50. The molecule has 1 aromatic heterocycles. The van der Waals surface area contributed by atoms with Crippen LogP contribution in [-0.2, 0) is 9.47 Å². The van der Waals surface area contributed by atoms with E-state index in [9.17, 15) is 9.59 Å². The Hall–Kier alpha value is -1.76. The van der Waals surface area contributed by atoms with Gasteiger partial charge in [-0.3, -0.25) is 0 Å². The van der Waals surface area contributed by atoms with Crippen LogP contribution in [0.15, 0.2) is 0 Å². The summed E-state index contributed by atoms with van der Waals surface area (Å²) in [6.45, 7) is 7.72. The summed E-state index contributed by atoms with van der Waals surface area (Å²) in [5.74, 6) is -0.485. The van der Waals surface area contributed by atoms with Gasteiger partial charge in [-0.25, -0.2) is 9.59 Å². The van der Waals surface area contributed by atoms with Crippen molar-refractivity contribution in [1.82, 2.24) is 0 Å². The highest BCUT2D eigenvalue weighted by atomic mass is 32.1. The van der Waals surface area contributed by atoms with Crippen molar-refractivity contribution in [2.24, 2.45) is 0 Å². The van der Waals surface area contributed by atoms with Crippen molar-refractivity contribution in [3.8, 4) is 11.5 Å². The molecule has 0 aromatic carbocycles. The summed E-state index contributed by atoms with van der Waals surface area (Å²) in [6.07, 6.45) is 0.396. The van der Waals surface area contributed by atoms with Gasteiger partial charge in [-0.1, -0.05) is 0 Å². The normalized spacial score (nSPS) is 20.2. The molecule has 2 unspecified atom stereocenters. The number of carbonyl (C=O) groups is 2. The van der Waals surface area contributed by atoms with Crippen LogP contribution in [0.3, 0.4) is 0 Å². The second-order valence-electron chi connectivity index (χ2n) is 4.95. The fourth-order valence-electron chi connectivity index (χ4n) is 2.24. The first-order valence-corrected chi connectivity index (χ1v) is 8.13. The van der Waals surface area contributed by atoms with Gasteiger partial charge < -0.3 is 18.9 Å². The van der Waals surface area contributed by atoms with Crippen LogP contribution in [0.5, 0.6) is 11.5 Å². The maximum atomic E-state index is 12.1. The largest absolute Gasteiger partial charge is 0.485 e. The first-order chi connectivity index (χ1) is 10.5. The second kappa shape index (κ2) is 7.00. The molecule has 0 saturated heterocycles. The summed E-state index contributed by atoms with van der Waals surface area (Å²) >= 11 is 0.986. The van der Waals surface area contributed by atoms with E-state index < -0.39 is 11.9 Å². The molecular weight excluding hydrogens is 308 g/mol. The third-order valence-corrected chi connectivity index (χ3v) is 4.16. The topological polar surface area (TPSA) is 71.1 Å². The number of esters is 2. The van der Waals surface area contributed by atoms with Crippen molar-refractivity contribution < 1.29 is 28.5 Å². The molecule has 122 valence electrons. The van der Waals surface area contributed by atoms with Gasteiger partial charge in [0.15, 0.2) is 21.3 Å². The molecule has 1 aliphatic rings. The SMILES string of the molecule is CCOC(=O)c1sc(C(=O)OCC)c2c1OC(C)CC(C)O2. The maximum Gasteiger partial charge on any atom is 0.352 e. The fraction of sp³-hybridized carbons (Fsp3) is 0.600. The van der Waals surface area contributed by atoms with Crippen LogP contribution >= 0.6 is 11.3 Å². The van der Waals surface area contributed by atoms with E-state index in [0.717, 1.165) is 11.3 Å². The van der Waals surface area contributed by atoms with Crippen LogP contribution in [0.1, 0.15) is 53.5 Å². The summed E-state index contributed by atoms with van der Waals surface area (Å²) in [5, 5.41) is 0. The average molecular weight is 328 g/mol. The summed E-state index contributed by atoms with van der Waals surface area (Å²) < 4.78 is 21.7. The van der Waals surface area contributed by atoms with Crippen LogP contribution < -0.4 is 9.47 Å². The molecule has 22 heavy (non-hydrogen) atoms. The van der Waals surface area contributed by atoms with Gasteiger partial charge in [0.05, 0.1) is 25.4 Å². The number of rotatable bonds is 4. The van der Waals surface area contributed by atoms with Crippen LogP contribution in [-0.4, -0.2) is 37.4 Å². The zero-order chi connectivity index (χ0) is 16.3. The van der Waals surface area contributed by atoms with E-state index in [1.54, 1.807) is 13.8 Å². The van der Waals surface area contributed by atoms with Gasteiger partial charge in [0.25, 0.3) is 0 Å². The van der Waals surface area contributed by atoms with Crippen LogP contribution in [0.2, 0.25) is 0 Å². The molecule has 0 bridgehead atoms. The smallest absolute Gasteiger partial charge is 0.352 e. The van der Waals surface area contributed by atoms with Gasteiger partial charge in [-0.05, 0) is 27.7 Å². The van der Waals surface area contributed by atoms with E-state index in [1.807, 2.05) is 13.8 Å². The standard InChI is InChI=1S/C15H20O6S/c1-5-18-14(16)12-10-11(13(22-12)15(17)19-6-2)21-9(4)7-8(3)20-10/h8-9H,5-7H2,1-4H3. The van der Waals surface area contributed by atoms with Gasteiger partial charge in [-0.15, -0.1) is 11.3 Å². The highest BCUT2D eigenvalue weighted by molar-refractivity contribution is 7.16. The van der Waals surface area contributed by atoms with Gasteiger partial charge in [0, 0.05) is 6.42 Å². The van der Waals surface area contributed by atoms with Crippen LogP contribution in [0, 0.1) is 0 Å². The molecule has 0 spiro atoms. The molecule has 2 heterocycles. The van der Waals surface area contributed by atoms with E-state index in [0.29, 0.717) is 6.42 Å². The molecule has 6 nitrogen and oxygen atoms in total. The van der Waals surface area contributed by atoms with E-state index in [-0.39, 0.29) is 46.7 Å².